The fraction of sp³-hybridized carbons (Fsp3) is 1.00. The van der Waals surface area contributed by atoms with Crippen molar-refractivity contribution in [2.45, 2.75) is 25.7 Å². The van der Waals surface area contributed by atoms with Gasteiger partial charge < -0.3 is 14.2 Å². The maximum absolute atomic E-state index is 5.65. The van der Waals surface area contributed by atoms with Crippen LogP contribution in [0.3, 0.4) is 0 Å². The summed E-state index contributed by atoms with van der Waals surface area (Å²) in [6, 6.07) is 0. The molecule has 0 radical (unpaired) electrons. The molecule has 0 atom stereocenters. The van der Waals surface area contributed by atoms with Gasteiger partial charge in [-0.05, 0) is 19.3 Å². The third-order valence-electron chi connectivity index (χ3n) is 3.12. The lowest BCUT2D eigenvalue weighted by Crippen LogP contribution is -2.36. The largest absolute Gasteiger partial charge is 0.385 e. The van der Waals surface area contributed by atoms with Crippen molar-refractivity contribution < 1.29 is 14.2 Å². The van der Waals surface area contributed by atoms with Gasteiger partial charge in [-0.25, -0.2) is 0 Å². The van der Waals surface area contributed by atoms with Crippen molar-refractivity contribution in [2.24, 2.45) is 5.41 Å². The molecule has 0 aliphatic heterocycles. The highest BCUT2D eigenvalue weighted by Crippen LogP contribution is 2.42. The van der Waals surface area contributed by atoms with Crippen LogP contribution in [0.1, 0.15) is 25.7 Å². The summed E-state index contributed by atoms with van der Waals surface area (Å²) in [7, 11) is 1.71. The second-order valence-corrected chi connectivity index (χ2v) is 5.06. The number of hydrogen-bond donors (Lipinski definition) is 0. The average molecular weight is 295 g/mol. The highest BCUT2D eigenvalue weighted by atomic mass is 79.9. The van der Waals surface area contributed by atoms with Crippen LogP contribution in [0.5, 0.6) is 0 Å². The lowest BCUT2D eigenvalue weighted by Gasteiger charge is -2.40. The summed E-state index contributed by atoms with van der Waals surface area (Å²) < 4.78 is 16.0. The van der Waals surface area contributed by atoms with E-state index >= 15 is 0 Å². The van der Waals surface area contributed by atoms with Crippen LogP contribution in [0, 0.1) is 5.41 Å². The first-order valence-corrected chi connectivity index (χ1v) is 7.15. The van der Waals surface area contributed by atoms with E-state index < -0.39 is 0 Å². The topological polar surface area (TPSA) is 27.7 Å². The zero-order valence-electron chi connectivity index (χ0n) is 10.2. The Kier molecular flexibility index (Phi) is 7.62. The molecule has 0 aromatic rings. The molecular formula is C12H23BrO3. The number of alkyl halides is 1. The third-order valence-corrected chi connectivity index (χ3v) is 4.30. The Morgan fingerprint density at radius 3 is 2.38 bits per heavy atom. The predicted molar refractivity (Wildman–Crippen MR) is 68.2 cm³/mol. The van der Waals surface area contributed by atoms with E-state index in [9.17, 15) is 0 Å². The minimum Gasteiger partial charge on any atom is -0.385 e. The van der Waals surface area contributed by atoms with E-state index in [1.54, 1.807) is 7.11 Å². The summed E-state index contributed by atoms with van der Waals surface area (Å²) in [4.78, 5) is 0. The van der Waals surface area contributed by atoms with E-state index in [0.717, 1.165) is 31.6 Å². The van der Waals surface area contributed by atoms with Crippen LogP contribution in [-0.2, 0) is 14.2 Å². The Bertz CT molecular complexity index is 166. The Morgan fingerprint density at radius 1 is 1.06 bits per heavy atom. The summed E-state index contributed by atoms with van der Waals surface area (Å²) in [5.74, 6) is 0. The maximum atomic E-state index is 5.65. The van der Waals surface area contributed by atoms with Crippen molar-refractivity contribution in [1.82, 2.24) is 0 Å². The van der Waals surface area contributed by atoms with Gasteiger partial charge in [0.15, 0.2) is 0 Å². The molecule has 0 unspecified atom stereocenters. The molecule has 0 aromatic heterocycles. The second kappa shape index (κ2) is 8.45. The van der Waals surface area contributed by atoms with Gasteiger partial charge in [0, 0.05) is 31.1 Å². The normalized spacial score (nSPS) is 18.4. The van der Waals surface area contributed by atoms with Gasteiger partial charge in [-0.15, -0.1) is 0 Å². The van der Waals surface area contributed by atoms with Gasteiger partial charge >= 0.3 is 0 Å². The summed E-state index contributed by atoms with van der Waals surface area (Å²) in [6.45, 7) is 3.82. The van der Waals surface area contributed by atoms with Crippen LogP contribution in [0.4, 0.5) is 0 Å². The van der Waals surface area contributed by atoms with Crippen molar-refractivity contribution in [3.05, 3.63) is 0 Å². The molecule has 0 saturated heterocycles. The minimum atomic E-state index is 0.427. The Hall–Kier alpha value is 0.360. The lowest BCUT2D eigenvalue weighted by molar-refractivity contribution is -0.0174. The number of halogens is 1. The maximum Gasteiger partial charge on any atom is 0.0700 e. The zero-order valence-corrected chi connectivity index (χ0v) is 11.8. The quantitative estimate of drug-likeness (QED) is 0.458. The number of rotatable bonds is 10. The first kappa shape index (κ1) is 14.4. The van der Waals surface area contributed by atoms with Gasteiger partial charge in [0.1, 0.15) is 0 Å². The van der Waals surface area contributed by atoms with Gasteiger partial charge in [-0.1, -0.05) is 22.4 Å². The average Bonchev–Trinajstić information content (AvgIpc) is 2.25. The van der Waals surface area contributed by atoms with Crippen molar-refractivity contribution in [3.8, 4) is 0 Å². The lowest BCUT2D eigenvalue weighted by atomic mass is 9.71. The number of ether oxygens (including phenoxy) is 3. The van der Waals surface area contributed by atoms with Crippen LogP contribution in [0.2, 0.25) is 0 Å². The molecule has 1 rings (SSSR count). The van der Waals surface area contributed by atoms with E-state index in [1.807, 2.05) is 0 Å². The zero-order chi connectivity index (χ0) is 11.7. The Morgan fingerprint density at radius 2 is 1.81 bits per heavy atom. The molecule has 0 spiro atoms. The van der Waals surface area contributed by atoms with Crippen LogP contribution in [-0.4, -0.2) is 45.5 Å². The van der Waals surface area contributed by atoms with Gasteiger partial charge in [0.25, 0.3) is 0 Å². The molecule has 0 bridgehead atoms. The van der Waals surface area contributed by atoms with Crippen molar-refractivity contribution in [3.63, 3.8) is 0 Å². The van der Waals surface area contributed by atoms with Crippen molar-refractivity contribution in [1.29, 1.82) is 0 Å². The van der Waals surface area contributed by atoms with E-state index in [1.165, 1.54) is 19.3 Å². The highest BCUT2D eigenvalue weighted by molar-refractivity contribution is 9.09. The molecule has 3 nitrogen and oxygen atoms in total. The third kappa shape index (κ3) is 5.13. The van der Waals surface area contributed by atoms with E-state index in [4.69, 9.17) is 14.2 Å². The minimum absolute atomic E-state index is 0.427. The molecule has 16 heavy (non-hydrogen) atoms. The van der Waals surface area contributed by atoms with Gasteiger partial charge in [-0.2, -0.15) is 0 Å². The number of methoxy groups -OCH3 is 1. The first-order valence-electron chi connectivity index (χ1n) is 6.03. The van der Waals surface area contributed by atoms with Gasteiger partial charge in [0.05, 0.1) is 19.8 Å². The van der Waals surface area contributed by atoms with Crippen molar-refractivity contribution in [2.75, 3.05) is 45.5 Å². The van der Waals surface area contributed by atoms with E-state index in [-0.39, 0.29) is 0 Å². The van der Waals surface area contributed by atoms with Crippen LogP contribution in [0.25, 0.3) is 0 Å². The van der Waals surface area contributed by atoms with Crippen LogP contribution < -0.4 is 0 Å². The molecule has 0 aromatic carbocycles. The Labute approximate surface area is 107 Å². The monoisotopic (exact) mass is 294 g/mol. The molecule has 0 heterocycles. The smallest absolute Gasteiger partial charge is 0.0700 e. The first-order chi connectivity index (χ1) is 7.83. The molecule has 96 valence electrons. The second-order valence-electron chi connectivity index (χ2n) is 4.50. The molecule has 1 fully saturated rings. The van der Waals surface area contributed by atoms with Gasteiger partial charge in [0.2, 0.25) is 0 Å². The summed E-state index contributed by atoms with van der Waals surface area (Å²) in [6.07, 6.45) is 4.91. The molecule has 4 heteroatoms. The van der Waals surface area contributed by atoms with Gasteiger partial charge in [-0.3, -0.25) is 0 Å². The standard InChI is InChI=1S/C12H23BrO3/c1-14-6-3-7-15-8-9-16-11-12(10-13)4-2-5-12/h2-11H2,1H3. The fourth-order valence-corrected chi connectivity index (χ4v) is 2.53. The Balaban J connectivity index is 1.84. The summed E-state index contributed by atoms with van der Waals surface area (Å²) in [5.41, 5.74) is 0.427. The molecule has 1 aliphatic carbocycles. The van der Waals surface area contributed by atoms with E-state index in [0.29, 0.717) is 18.6 Å². The van der Waals surface area contributed by atoms with Crippen LogP contribution in [0.15, 0.2) is 0 Å². The molecular weight excluding hydrogens is 272 g/mol. The molecule has 0 N–H and O–H groups in total. The highest BCUT2D eigenvalue weighted by Gasteiger charge is 2.35. The summed E-state index contributed by atoms with van der Waals surface area (Å²) in [5, 5.41) is 1.06. The van der Waals surface area contributed by atoms with Crippen molar-refractivity contribution >= 4 is 15.9 Å². The van der Waals surface area contributed by atoms with E-state index in [2.05, 4.69) is 15.9 Å². The predicted octanol–water partition coefficient (Wildman–Crippen LogP) is 2.62. The summed E-state index contributed by atoms with van der Waals surface area (Å²) >= 11 is 3.57. The van der Waals surface area contributed by atoms with Crippen LogP contribution >= 0.6 is 15.9 Å². The number of hydrogen-bond acceptors (Lipinski definition) is 3. The molecule has 1 aliphatic rings. The molecule has 0 amide bonds. The SMILES string of the molecule is COCCCOCCOCC1(CBr)CCC1. The fourth-order valence-electron chi connectivity index (χ4n) is 1.81. The molecule has 1 saturated carbocycles.